The van der Waals surface area contributed by atoms with Crippen molar-refractivity contribution in [2.45, 2.75) is 155 Å². The number of allylic oxidation sites excluding steroid dienone is 2. The van der Waals surface area contributed by atoms with E-state index in [1.54, 1.807) is 13.8 Å². The highest BCUT2D eigenvalue weighted by Crippen LogP contribution is 2.34. The lowest BCUT2D eigenvalue weighted by molar-refractivity contribution is -0.304. The number of esters is 1. The molecule has 1 heterocycles. The third kappa shape index (κ3) is 18.4. The summed E-state index contributed by atoms with van der Waals surface area (Å²) in [7, 11) is 0. The highest BCUT2D eigenvalue weighted by atomic mass is 16.7. The third-order valence-corrected chi connectivity index (χ3v) is 8.57. The molecular formula is C39H64N2O6. The average Bonchev–Trinajstić information content (AvgIpc) is 3.03. The summed E-state index contributed by atoms with van der Waals surface area (Å²) in [5.41, 5.74) is 0.566. The molecular weight excluding hydrogens is 592 g/mol. The lowest BCUT2D eigenvalue weighted by Gasteiger charge is -2.44. The minimum Gasteiger partial charge on any atom is -0.463 e. The summed E-state index contributed by atoms with van der Waals surface area (Å²) in [5.74, 6) is -1.57. The van der Waals surface area contributed by atoms with Gasteiger partial charge in [0.15, 0.2) is 5.79 Å². The number of carbonyl (C=O) groups is 3. The standard InChI is InChI=1S/C39H64N2O6/c1-6-7-8-9-10-11-12-13-14-15-16-17-18-19-23-26-34(42)41-33(29-32-24-21-20-22-25-32)30-45-35(43)27-28-40-37(44)36-38(2,3)31-46-39(4,5)47-36/h13-14,20-22,24-25,33,36H,6-12,15-19,23,26-31H2,1-5H3,(H,40,44)(H,41,42). The van der Waals surface area contributed by atoms with E-state index >= 15 is 0 Å². The Morgan fingerprint density at radius 2 is 1.49 bits per heavy atom. The van der Waals surface area contributed by atoms with Gasteiger partial charge in [-0.05, 0) is 57.9 Å². The van der Waals surface area contributed by atoms with E-state index in [1.165, 1.54) is 57.8 Å². The lowest BCUT2D eigenvalue weighted by Crippen LogP contribution is -2.56. The Hall–Kier alpha value is -2.71. The number of carbonyl (C=O) groups excluding carboxylic acids is 3. The van der Waals surface area contributed by atoms with Gasteiger partial charge in [-0.1, -0.05) is 115 Å². The first-order valence-corrected chi connectivity index (χ1v) is 18.3. The van der Waals surface area contributed by atoms with Gasteiger partial charge < -0.3 is 24.8 Å². The first-order valence-electron chi connectivity index (χ1n) is 18.3. The highest BCUT2D eigenvalue weighted by Gasteiger charge is 2.45. The SMILES string of the molecule is CCCCCCCCC=CCCCCCCCC(=O)NC(COC(=O)CCNC(=O)C1OC(C)(C)OCC1(C)C)Cc1ccccc1. The van der Waals surface area contributed by atoms with Crippen molar-refractivity contribution < 1.29 is 28.6 Å². The van der Waals surface area contributed by atoms with Crippen molar-refractivity contribution in [2.75, 3.05) is 19.8 Å². The van der Waals surface area contributed by atoms with Crippen LogP contribution in [0.4, 0.5) is 0 Å². The van der Waals surface area contributed by atoms with Gasteiger partial charge >= 0.3 is 5.97 Å². The summed E-state index contributed by atoms with van der Waals surface area (Å²) in [6.45, 7) is 10.3. The predicted octanol–water partition coefficient (Wildman–Crippen LogP) is 7.98. The molecule has 1 aliphatic heterocycles. The first-order chi connectivity index (χ1) is 22.5. The number of amides is 2. The molecule has 0 aliphatic carbocycles. The summed E-state index contributed by atoms with van der Waals surface area (Å²) in [4.78, 5) is 38.2. The van der Waals surface area contributed by atoms with Crippen molar-refractivity contribution in [1.29, 1.82) is 0 Å². The smallest absolute Gasteiger partial charge is 0.307 e. The number of ether oxygens (including phenoxy) is 3. The van der Waals surface area contributed by atoms with Gasteiger partial charge in [0.25, 0.3) is 0 Å². The van der Waals surface area contributed by atoms with Crippen LogP contribution in [0.3, 0.4) is 0 Å². The van der Waals surface area contributed by atoms with Gasteiger partial charge in [0.1, 0.15) is 12.7 Å². The van der Waals surface area contributed by atoms with Gasteiger partial charge in [0.05, 0.1) is 19.1 Å². The second-order valence-electron chi connectivity index (χ2n) is 14.2. The molecule has 47 heavy (non-hydrogen) atoms. The molecule has 2 atom stereocenters. The fraction of sp³-hybridized carbons (Fsp3) is 0.718. The van der Waals surface area contributed by atoms with Gasteiger partial charge in [-0.3, -0.25) is 14.4 Å². The van der Waals surface area contributed by atoms with Crippen molar-refractivity contribution in [2.24, 2.45) is 5.41 Å². The molecule has 8 heteroatoms. The summed E-state index contributed by atoms with van der Waals surface area (Å²) >= 11 is 0. The first kappa shape index (κ1) is 40.5. The largest absolute Gasteiger partial charge is 0.463 e. The normalized spacial score (nSPS) is 17.7. The van der Waals surface area contributed by atoms with Gasteiger partial charge in [-0.15, -0.1) is 0 Å². The van der Waals surface area contributed by atoms with E-state index in [-0.39, 0.29) is 37.4 Å². The zero-order valence-electron chi connectivity index (χ0n) is 30.1. The molecule has 1 aromatic carbocycles. The Kier molecular flexibility index (Phi) is 19.6. The van der Waals surface area contributed by atoms with E-state index in [1.807, 2.05) is 44.2 Å². The van der Waals surface area contributed by atoms with Crippen LogP contribution in [0.1, 0.15) is 136 Å². The fourth-order valence-corrected chi connectivity index (χ4v) is 5.67. The minimum absolute atomic E-state index is 0.0196. The molecule has 2 unspecified atom stereocenters. The molecule has 1 saturated heterocycles. The molecule has 0 spiro atoms. The van der Waals surface area contributed by atoms with Gasteiger partial charge in [0.2, 0.25) is 11.8 Å². The maximum Gasteiger partial charge on any atom is 0.307 e. The van der Waals surface area contributed by atoms with Crippen LogP contribution in [-0.2, 0) is 35.0 Å². The molecule has 266 valence electrons. The van der Waals surface area contributed by atoms with Crippen LogP contribution < -0.4 is 10.6 Å². The number of unbranched alkanes of at least 4 members (excludes halogenated alkanes) is 11. The van der Waals surface area contributed by atoms with Crippen LogP contribution in [0, 0.1) is 5.41 Å². The van der Waals surface area contributed by atoms with Crippen LogP contribution >= 0.6 is 0 Å². The summed E-state index contributed by atoms with van der Waals surface area (Å²) in [6, 6.07) is 9.54. The Balaban J connectivity index is 1.64. The molecule has 0 bridgehead atoms. The Labute approximate surface area is 285 Å². The number of nitrogens with one attached hydrogen (secondary N) is 2. The van der Waals surface area contributed by atoms with Crippen LogP contribution in [-0.4, -0.2) is 55.5 Å². The van der Waals surface area contributed by atoms with Crippen molar-refractivity contribution in [1.82, 2.24) is 10.6 Å². The third-order valence-electron chi connectivity index (χ3n) is 8.57. The predicted molar refractivity (Wildman–Crippen MR) is 189 cm³/mol. The highest BCUT2D eigenvalue weighted by molar-refractivity contribution is 5.82. The zero-order chi connectivity index (χ0) is 34.4. The van der Waals surface area contributed by atoms with Crippen LogP contribution in [0.25, 0.3) is 0 Å². The average molecular weight is 657 g/mol. The summed E-state index contributed by atoms with van der Waals surface area (Å²) in [6.07, 6.45) is 20.9. The van der Waals surface area contributed by atoms with E-state index in [9.17, 15) is 14.4 Å². The number of hydrogen-bond donors (Lipinski definition) is 2. The maximum atomic E-state index is 12.8. The Morgan fingerprint density at radius 3 is 2.15 bits per heavy atom. The molecule has 1 fully saturated rings. The maximum absolute atomic E-state index is 12.8. The number of benzene rings is 1. The van der Waals surface area contributed by atoms with E-state index in [0.717, 1.165) is 31.2 Å². The fourth-order valence-electron chi connectivity index (χ4n) is 5.67. The van der Waals surface area contributed by atoms with Crippen LogP contribution in [0.5, 0.6) is 0 Å². The molecule has 2 amide bonds. The van der Waals surface area contributed by atoms with Crippen molar-refractivity contribution >= 4 is 17.8 Å². The van der Waals surface area contributed by atoms with E-state index in [4.69, 9.17) is 14.2 Å². The van der Waals surface area contributed by atoms with E-state index in [0.29, 0.717) is 19.4 Å². The monoisotopic (exact) mass is 656 g/mol. The van der Waals surface area contributed by atoms with Crippen molar-refractivity contribution in [3.05, 3.63) is 48.0 Å². The molecule has 2 N–H and O–H groups in total. The van der Waals surface area contributed by atoms with Crippen LogP contribution in [0.15, 0.2) is 42.5 Å². The van der Waals surface area contributed by atoms with Gasteiger partial charge in [-0.25, -0.2) is 0 Å². The quantitative estimate of drug-likeness (QED) is 0.0665. The Bertz CT molecular complexity index is 1050. The molecule has 0 saturated carbocycles. The second kappa shape index (κ2) is 22.8. The van der Waals surface area contributed by atoms with Gasteiger partial charge in [-0.2, -0.15) is 0 Å². The van der Waals surface area contributed by atoms with Gasteiger partial charge in [0, 0.05) is 18.4 Å². The van der Waals surface area contributed by atoms with Crippen molar-refractivity contribution in [3.8, 4) is 0 Å². The molecule has 2 rings (SSSR count). The number of hydrogen-bond acceptors (Lipinski definition) is 6. The summed E-state index contributed by atoms with van der Waals surface area (Å²) < 4.78 is 17.1. The molecule has 8 nitrogen and oxygen atoms in total. The number of rotatable bonds is 24. The zero-order valence-corrected chi connectivity index (χ0v) is 30.1. The lowest BCUT2D eigenvalue weighted by atomic mass is 9.85. The molecule has 0 aromatic heterocycles. The van der Waals surface area contributed by atoms with E-state index in [2.05, 4.69) is 29.7 Å². The van der Waals surface area contributed by atoms with Crippen molar-refractivity contribution in [3.63, 3.8) is 0 Å². The second-order valence-corrected chi connectivity index (χ2v) is 14.2. The topological polar surface area (TPSA) is 103 Å². The molecule has 1 aliphatic rings. The summed E-state index contributed by atoms with van der Waals surface area (Å²) in [5, 5.41) is 5.89. The minimum atomic E-state index is -0.849. The molecule has 1 aromatic rings. The van der Waals surface area contributed by atoms with E-state index < -0.39 is 23.3 Å². The van der Waals surface area contributed by atoms with Crippen LogP contribution in [0.2, 0.25) is 0 Å². The molecule has 0 radical (unpaired) electrons. The Morgan fingerprint density at radius 1 is 0.872 bits per heavy atom.